The SMILES string of the molecule is CCCCc1nnc(NC(=O)c2cccnc2OCC)s1. The summed E-state index contributed by atoms with van der Waals surface area (Å²) in [6.07, 6.45) is 4.66. The zero-order chi connectivity index (χ0) is 15.1. The third-order valence-corrected chi connectivity index (χ3v) is 3.63. The van der Waals surface area contributed by atoms with Gasteiger partial charge in [-0.2, -0.15) is 0 Å². The van der Waals surface area contributed by atoms with Gasteiger partial charge < -0.3 is 4.74 Å². The Hall–Kier alpha value is -2.02. The summed E-state index contributed by atoms with van der Waals surface area (Å²) in [5.74, 6) is 0.0398. The Morgan fingerprint density at radius 3 is 3.00 bits per heavy atom. The number of rotatable bonds is 7. The van der Waals surface area contributed by atoms with Gasteiger partial charge in [0, 0.05) is 12.6 Å². The second-order valence-electron chi connectivity index (χ2n) is 4.35. The van der Waals surface area contributed by atoms with Gasteiger partial charge in [0.15, 0.2) is 0 Å². The van der Waals surface area contributed by atoms with Gasteiger partial charge in [-0.15, -0.1) is 10.2 Å². The quantitative estimate of drug-likeness (QED) is 0.851. The van der Waals surface area contributed by atoms with Crippen LogP contribution in [0.5, 0.6) is 5.88 Å². The van der Waals surface area contributed by atoms with Gasteiger partial charge in [-0.05, 0) is 25.5 Å². The van der Waals surface area contributed by atoms with Crippen LogP contribution in [-0.4, -0.2) is 27.7 Å². The molecule has 0 aromatic carbocycles. The zero-order valence-corrected chi connectivity index (χ0v) is 12.9. The number of pyridine rings is 1. The predicted octanol–water partition coefficient (Wildman–Crippen LogP) is 2.93. The molecule has 2 rings (SSSR count). The maximum absolute atomic E-state index is 12.2. The summed E-state index contributed by atoms with van der Waals surface area (Å²) in [5.41, 5.74) is 0.393. The third-order valence-electron chi connectivity index (χ3n) is 2.73. The fourth-order valence-electron chi connectivity index (χ4n) is 1.71. The Kier molecular flexibility index (Phi) is 5.62. The highest BCUT2D eigenvalue weighted by Gasteiger charge is 2.15. The number of nitrogens with zero attached hydrogens (tertiary/aromatic N) is 3. The van der Waals surface area contributed by atoms with Crippen LogP contribution in [0.15, 0.2) is 18.3 Å². The number of hydrogen-bond acceptors (Lipinski definition) is 6. The molecule has 2 aromatic rings. The molecule has 0 aliphatic heterocycles. The molecular weight excluding hydrogens is 288 g/mol. The van der Waals surface area contributed by atoms with Crippen molar-refractivity contribution in [3.05, 3.63) is 28.9 Å². The summed E-state index contributed by atoms with van der Waals surface area (Å²) in [5, 5.41) is 12.2. The van der Waals surface area contributed by atoms with Crippen molar-refractivity contribution >= 4 is 22.4 Å². The van der Waals surface area contributed by atoms with Crippen molar-refractivity contribution in [2.24, 2.45) is 0 Å². The molecular formula is C14H18N4O2S. The average molecular weight is 306 g/mol. The molecule has 0 radical (unpaired) electrons. The van der Waals surface area contributed by atoms with Gasteiger partial charge in [-0.1, -0.05) is 24.7 Å². The highest BCUT2D eigenvalue weighted by Crippen LogP contribution is 2.20. The molecule has 7 heteroatoms. The number of ether oxygens (including phenoxy) is 1. The van der Waals surface area contributed by atoms with E-state index in [0.29, 0.717) is 23.2 Å². The van der Waals surface area contributed by atoms with Crippen molar-refractivity contribution < 1.29 is 9.53 Å². The summed E-state index contributed by atoms with van der Waals surface area (Å²) >= 11 is 1.40. The van der Waals surface area contributed by atoms with E-state index in [0.717, 1.165) is 24.3 Å². The van der Waals surface area contributed by atoms with Crippen LogP contribution in [0.4, 0.5) is 5.13 Å². The van der Waals surface area contributed by atoms with E-state index >= 15 is 0 Å². The molecule has 0 spiro atoms. The Balaban J connectivity index is 2.05. The highest BCUT2D eigenvalue weighted by atomic mass is 32.1. The molecule has 21 heavy (non-hydrogen) atoms. The number of anilines is 1. The van der Waals surface area contributed by atoms with Gasteiger partial charge in [0.05, 0.1) is 6.61 Å². The third kappa shape index (κ3) is 4.22. The molecule has 2 aromatic heterocycles. The second-order valence-corrected chi connectivity index (χ2v) is 5.41. The Morgan fingerprint density at radius 1 is 1.38 bits per heavy atom. The number of hydrogen-bond donors (Lipinski definition) is 1. The van der Waals surface area contributed by atoms with Crippen molar-refractivity contribution in [1.29, 1.82) is 0 Å². The van der Waals surface area contributed by atoms with Crippen molar-refractivity contribution in [2.45, 2.75) is 33.1 Å². The highest BCUT2D eigenvalue weighted by molar-refractivity contribution is 7.15. The van der Waals surface area contributed by atoms with E-state index in [-0.39, 0.29) is 5.91 Å². The number of amides is 1. The minimum atomic E-state index is -0.287. The number of carbonyl (C=O) groups excluding carboxylic acids is 1. The second kappa shape index (κ2) is 7.68. The normalized spacial score (nSPS) is 10.4. The summed E-state index contributed by atoms with van der Waals surface area (Å²) in [7, 11) is 0. The molecule has 0 saturated carbocycles. The fraction of sp³-hybridized carbons (Fsp3) is 0.429. The molecule has 0 bridgehead atoms. The van der Waals surface area contributed by atoms with Crippen LogP contribution >= 0.6 is 11.3 Å². The van der Waals surface area contributed by atoms with Gasteiger partial charge in [0.1, 0.15) is 10.6 Å². The molecule has 0 atom stereocenters. The van der Waals surface area contributed by atoms with E-state index < -0.39 is 0 Å². The molecule has 1 N–H and O–H groups in total. The standard InChI is InChI=1S/C14H18N4O2S/c1-3-5-8-11-17-18-14(21-11)16-12(19)10-7-6-9-15-13(10)20-4-2/h6-7,9H,3-5,8H2,1-2H3,(H,16,18,19). The molecule has 6 nitrogen and oxygen atoms in total. The lowest BCUT2D eigenvalue weighted by molar-refractivity contribution is 0.102. The van der Waals surface area contributed by atoms with E-state index in [1.54, 1.807) is 18.3 Å². The van der Waals surface area contributed by atoms with E-state index in [2.05, 4.69) is 27.4 Å². The van der Waals surface area contributed by atoms with Crippen LogP contribution in [0, 0.1) is 0 Å². The van der Waals surface area contributed by atoms with Gasteiger partial charge in [-0.25, -0.2) is 4.98 Å². The molecule has 0 unspecified atom stereocenters. The number of nitrogens with one attached hydrogen (secondary N) is 1. The van der Waals surface area contributed by atoms with E-state index in [1.807, 2.05) is 6.92 Å². The van der Waals surface area contributed by atoms with Crippen LogP contribution in [0.3, 0.4) is 0 Å². The predicted molar refractivity (Wildman–Crippen MR) is 81.9 cm³/mol. The van der Waals surface area contributed by atoms with Crippen LogP contribution in [-0.2, 0) is 6.42 Å². The zero-order valence-electron chi connectivity index (χ0n) is 12.1. The first-order chi connectivity index (χ1) is 10.2. The van der Waals surface area contributed by atoms with E-state index in [1.165, 1.54) is 11.3 Å². The maximum Gasteiger partial charge on any atom is 0.262 e. The first-order valence-corrected chi connectivity index (χ1v) is 7.77. The monoisotopic (exact) mass is 306 g/mol. The smallest absolute Gasteiger partial charge is 0.262 e. The molecule has 112 valence electrons. The molecule has 0 aliphatic rings. The number of aromatic nitrogens is 3. The minimum absolute atomic E-state index is 0.287. The number of aryl methyl sites for hydroxylation is 1. The minimum Gasteiger partial charge on any atom is -0.477 e. The lowest BCUT2D eigenvalue weighted by Gasteiger charge is -2.07. The van der Waals surface area contributed by atoms with Crippen LogP contribution in [0.1, 0.15) is 42.1 Å². The van der Waals surface area contributed by atoms with Gasteiger partial charge in [0.25, 0.3) is 5.91 Å². The topological polar surface area (TPSA) is 77.0 Å². The van der Waals surface area contributed by atoms with Crippen molar-refractivity contribution in [3.8, 4) is 5.88 Å². The van der Waals surface area contributed by atoms with Crippen molar-refractivity contribution in [3.63, 3.8) is 0 Å². The summed E-state index contributed by atoms with van der Waals surface area (Å²) in [4.78, 5) is 16.3. The number of carbonyl (C=O) groups is 1. The molecule has 0 fully saturated rings. The summed E-state index contributed by atoms with van der Waals surface area (Å²) < 4.78 is 5.35. The Labute approximate surface area is 127 Å². The molecule has 1 amide bonds. The Bertz CT molecular complexity index is 600. The van der Waals surface area contributed by atoms with E-state index in [4.69, 9.17) is 4.74 Å². The van der Waals surface area contributed by atoms with Crippen LogP contribution < -0.4 is 10.1 Å². The lowest BCUT2D eigenvalue weighted by atomic mass is 10.2. The molecule has 0 saturated heterocycles. The van der Waals surface area contributed by atoms with Gasteiger partial charge in [-0.3, -0.25) is 10.1 Å². The molecule has 0 aliphatic carbocycles. The largest absolute Gasteiger partial charge is 0.477 e. The fourth-order valence-corrected chi connectivity index (χ4v) is 2.49. The maximum atomic E-state index is 12.2. The van der Waals surface area contributed by atoms with Crippen LogP contribution in [0.2, 0.25) is 0 Å². The summed E-state index contributed by atoms with van der Waals surface area (Å²) in [6.45, 7) is 4.43. The first kappa shape index (κ1) is 15.4. The van der Waals surface area contributed by atoms with Crippen molar-refractivity contribution in [1.82, 2.24) is 15.2 Å². The lowest BCUT2D eigenvalue weighted by Crippen LogP contribution is -2.14. The molecule has 2 heterocycles. The van der Waals surface area contributed by atoms with Crippen molar-refractivity contribution in [2.75, 3.05) is 11.9 Å². The van der Waals surface area contributed by atoms with E-state index in [9.17, 15) is 4.79 Å². The summed E-state index contributed by atoms with van der Waals surface area (Å²) in [6, 6.07) is 3.37. The first-order valence-electron chi connectivity index (χ1n) is 6.96. The van der Waals surface area contributed by atoms with Crippen LogP contribution in [0.25, 0.3) is 0 Å². The number of unbranched alkanes of at least 4 members (excludes halogenated alkanes) is 1. The Morgan fingerprint density at radius 2 is 2.24 bits per heavy atom. The van der Waals surface area contributed by atoms with Gasteiger partial charge in [0.2, 0.25) is 11.0 Å². The average Bonchev–Trinajstić information content (AvgIpc) is 2.93. The van der Waals surface area contributed by atoms with Gasteiger partial charge >= 0.3 is 0 Å².